The largest absolute Gasteiger partial charge is 0.349 e. The van der Waals surface area contributed by atoms with Gasteiger partial charge in [-0.1, -0.05) is 61.5 Å². The molecule has 1 amide bonds. The van der Waals surface area contributed by atoms with Crippen molar-refractivity contribution in [1.82, 2.24) is 20.2 Å². The Morgan fingerprint density at radius 2 is 2.08 bits per heavy atom. The van der Waals surface area contributed by atoms with Crippen LogP contribution in [0.25, 0.3) is 10.7 Å². The molecule has 26 heavy (non-hydrogen) atoms. The number of carbonyl (C=O) groups excluding carboxylic acids is 1. The van der Waals surface area contributed by atoms with Gasteiger partial charge in [-0.15, -0.1) is 21.5 Å². The maximum absolute atomic E-state index is 12.4. The summed E-state index contributed by atoms with van der Waals surface area (Å²) < 4.78 is 1.44. The first-order chi connectivity index (χ1) is 12.7. The van der Waals surface area contributed by atoms with Crippen molar-refractivity contribution in [2.45, 2.75) is 31.0 Å². The standard InChI is InChI=1S/C18H21N5OS2/c1-2-7-14(13-8-4-3-5-9-13)20-16(24)12-26-18-22-21-17(23(18)19)15-10-6-11-25-15/h3-6,8-11,14H,2,7,12,19H2,1H3,(H,20,24). The number of amides is 1. The summed E-state index contributed by atoms with van der Waals surface area (Å²) in [5.74, 6) is 6.87. The fourth-order valence-corrected chi connectivity index (χ4v) is 3.98. The van der Waals surface area contributed by atoms with Crippen LogP contribution < -0.4 is 11.2 Å². The highest BCUT2D eigenvalue weighted by atomic mass is 32.2. The van der Waals surface area contributed by atoms with Gasteiger partial charge in [-0.25, -0.2) is 4.68 Å². The first kappa shape index (κ1) is 18.5. The SMILES string of the molecule is CCCC(NC(=O)CSc1nnc(-c2cccs2)n1N)c1ccccc1. The van der Waals surface area contributed by atoms with E-state index >= 15 is 0 Å². The lowest BCUT2D eigenvalue weighted by Gasteiger charge is -2.18. The van der Waals surface area contributed by atoms with E-state index in [0.717, 1.165) is 23.3 Å². The van der Waals surface area contributed by atoms with Crippen molar-refractivity contribution in [2.75, 3.05) is 11.6 Å². The Balaban J connectivity index is 1.60. The monoisotopic (exact) mass is 387 g/mol. The van der Waals surface area contributed by atoms with Gasteiger partial charge in [0.15, 0.2) is 5.82 Å². The second kappa shape index (κ2) is 8.86. The average molecular weight is 388 g/mol. The van der Waals surface area contributed by atoms with Crippen LogP contribution in [0.1, 0.15) is 31.4 Å². The number of nitrogens with one attached hydrogen (secondary N) is 1. The molecule has 0 saturated carbocycles. The minimum absolute atomic E-state index is 0.0201. The van der Waals surface area contributed by atoms with Crippen LogP contribution >= 0.6 is 23.1 Å². The van der Waals surface area contributed by atoms with Gasteiger partial charge in [-0.3, -0.25) is 4.79 Å². The fourth-order valence-electron chi connectivity index (χ4n) is 2.61. The lowest BCUT2D eigenvalue weighted by atomic mass is 10.0. The third-order valence-electron chi connectivity index (χ3n) is 3.85. The number of rotatable bonds is 8. The fraction of sp³-hybridized carbons (Fsp3) is 0.278. The van der Waals surface area contributed by atoms with E-state index in [9.17, 15) is 4.79 Å². The molecular formula is C18H21N5OS2. The van der Waals surface area contributed by atoms with Gasteiger partial charge in [0.2, 0.25) is 11.1 Å². The Kier molecular flexibility index (Phi) is 6.30. The lowest BCUT2D eigenvalue weighted by Crippen LogP contribution is -2.30. The van der Waals surface area contributed by atoms with Crippen LogP contribution in [0.3, 0.4) is 0 Å². The first-order valence-electron chi connectivity index (χ1n) is 8.40. The number of aromatic nitrogens is 3. The van der Waals surface area contributed by atoms with E-state index < -0.39 is 0 Å². The molecule has 0 aliphatic rings. The highest BCUT2D eigenvalue weighted by Crippen LogP contribution is 2.25. The van der Waals surface area contributed by atoms with Crippen LogP contribution in [0.15, 0.2) is 53.0 Å². The van der Waals surface area contributed by atoms with Gasteiger partial charge in [-0.2, -0.15) is 0 Å². The zero-order chi connectivity index (χ0) is 18.4. The van der Waals surface area contributed by atoms with Gasteiger partial charge in [0.25, 0.3) is 0 Å². The Morgan fingerprint density at radius 3 is 2.77 bits per heavy atom. The molecule has 2 aromatic heterocycles. The van der Waals surface area contributed by atoms with Gasteiger partial charge in [0.1, 0.15) is 0 Å². The quantitative estimate of drug-likeness (QED) is 0.457. The van der Waals surface area contributed by atoms with Crippen molar-refractivity contribution >= 4 is 29.0 Å². The second-order valence-corrected chi connectivity index (χ2v) is 7.65. The summed E-state index contributed by atoms with van der Waals surface area (Å²) >= 11 is 2.83. The first-order valence-corrected chi connectivity index (χ1v) is 10.3. The van der Waals surface area contributed by atoms with Crippen LogP contribution in [0.4, 0.5) is 0 Å². The number of carbonyl (C=O) groups is 1. The Hall–Kier alpha value is -2.32. The maximum atomic E-state index is 12.4. The number of thiophene rings is 1. The van der Waals surface area contributed by atoms with E-state index in [0.29, 0.717) is 11.0 Å². The Bertz CT molecular complexity index is 833. The van der Waals surface area contributed by atoms with Crippen molar-refractivity contribution in [2.24, 2.45) is 0 Å². The normalized spacial score (nSPS) is 12.0. The summed E-state index contributed by atoms with van der Waals surface area (Å²) in [6.07, 6.45) is 1.89. The summed E-state index contributed by atoms with van der Waals surface area (Å²) in [4.78, 5) is 13.3. The molecule has 2 heterocycles. The predicted octanol–water partition coefficient (Wildman–Crippen LogP) is 3.47. The third-order valence-corrected chi connectivity index (χ3v) is 5.66. The highest BCUT2D eigenvalue weighted by molar-refractivity contribution is 7.99. The minimum Gasteiger partial charge on any atom is -0.349 e. The van der Waals surface area contributed by atoms with E-state index in [1.165, 1.54) is 16.4 Å². The zero-order valence-electron chi connectivity index (χ0n) is 14.5. The molecule has 136 valence electrons. The van der Waals surface area contributed by atoms with Crippen LogP contribution in [-0.4, -0.2) is 26.5 Å². The molecule has 0 bridgehead atoms. The van der Waals surface area contributed by atoms with Crippen molar-refractivity contribution in [3.05, 3.63) is 53.4 Å². The molecule has 1 aromatic carbocycles. The summed E-state index contributed by atoms with van der Waals surface area (Å²) in [6, 6.07) is 13.9. The van der Waals surface area contributed by atoms with Crippen LogP contribution in [0.2, 0.25) is 0 Å². The summed E-state index contributed by atoms with van der Waals surface area (Å²) in [5, 5.41) is 13.8. The summed E-state index contributed by atoms with van der Waals surface area (Å²) in [6.45, 7) is 2.11. The molecule has 0 radical (unpaired) electrons. The van der Waals surface area contributed by atoms with E-state index in [2.05, 4.69) is 22.4 Å². The number of hydrogen-bond donors (Lipinski definition) is 2. The minimum atomic E-state index is -0.0435. The molecule has 0 saturated heterocycles. The van der Waals surface area contributed by atoms with Crippen molar-refractivity contribution < 1.29 is 4.79 Å². The number of nitrogens with zero attached hydrogens (tertiary/aromatic N) is 3. The third kappa shape index (κ3) is 4.44. The van der Waals surface area contributed by atoms with Crippen LogP contribution in [0.5, 0.6) is 0 Å². The van der Waals surface area contributed by atoms with Crippen molar-refractivity contribution in [3.8, 4) is 10.7 Å². The lowest BCUT2D eigenvalue weighted by molar-refractivity contribution is -0.119. The van der Waals surface area contributed by atoms with E-state index in [1.807, 2.05) is 47.8 Å². The molecule has 6 nitrogen and oxygen atoms in total. The summed E-state index contributed by atoms with van der Waals surface area (Å²) in [7, 11) is 0. The van der Waals surface area contributed by atoms with E-state index in [1.54, 1.807) is 11.3 Å². The summed E-state index contributed by atoms with van der Waals surface area (Å²) in [5.41, 5.74) is 1.12. The molecule has 0 aliphatic heterocycles. The van der Waals surface area contributed by atoms with Crippen LogP contribution in [-0.2, 0) is 4.79 Å². The molecule has 8 heteroatoms. The smallest absolute Gasteiger partial charge is 0.230 e. The van der Waals surface area contributed by atoms with Gasteiger partial charge < -0.3 is 11.2 Å². The number of hydrogen-bond acceptors (Lipinski definition) is 6. The van der Waals surface area contributed by atoms with Gasteiger partial charge in [0.05, 0.1) is 16.7 Å². The topological polar surface area (TPSA) is 85.8 Å². The van der Waals surface area contributed by atoms with Crippen LogP contribution in [0, 0.1) is 0 Å². The second-order valence-electron chi connectivity index (χ2n) is 5.76. The number of thioether (sulfide) groups is 1. The molecule has 0 spiro atoms. The Labute approximate surface area is 160 Å². The Morgan fingerprint density at radius 1 is 1.27 bits per heavy atom. The van der Waals surface area contributed by atoms with Crippen molar-refractivity contribution in [3.63, 3.8) is 0 Å². The maximum Gasteiger partial charge on any atom is 0.230 e. The van der Waals surface area contributed by atoms with Crippen molar-refractivity contribution in [1.29, 1.82) is 0 Å². The average Bonchev–Trinajstić information content (AvgIpc) is 3.30. The predicted molar refractivity (Wildman–Crippen MR) is 106 cm³/mol. The van der Waals surface area contributed by atoms with Gasteiger partial charge >= 0.3 is 0 Å². The molecule has 1 unspecified atom stereocenters. The molecular weight excluding hydrogens is 366 g/mol. The molecule has 3 aromatic rings. The molecule has 0 fully saturated rings. The van der Waals surface area contributed by atoms with Gasteiger partial charge in [-0.05, 0) is 23.4 Å². The van der Waals surface area contributed by atoms with Gasteiger partial charge in [0, 0.05) is 0 Å². The zero-order valence-corrected chi connectivity index (χ0v) is 16.1. The molecule has 1 atom stereocenters. The molecule has 3 N–H and O–H groups in total. The number of nitrogen functional groups attached to an aromatic ring is 1. The highest BCUT2D eigenvalue weighted by Gasteiger charge is 2.17. The molecule has 3 rings (SSSR count). The van der Waals surface area contributed by atoms with E-state index in [4.69, 9.17) is 5.84 Å². The number of benzene rings is 1. The van der Waals surface area contributed by atoms with E-state index in [-0.39, 0.29) is 17.7 Å². The molecule has 0 aliphatic carbocycles. The number of nitrogens with two attached hydrogens (primary N) is 1.